The van der Waals surface area contributed by atoms with Crippen LogP contribution in [0.1, 0.15) is 16.7 Å². The Balaban J connectivity index is 2.16. The predicted molar refractivity (Wildman–Crippen MR) is 75.2 cm³/mol. The highest BCUT2D eigenvalue weighted by Gasteiger charge is 2.02. The zero-order chi connectivity index (χ0) is 13.0. The van der Waals surface area contributed by atoms with E-state index in [0.717, 1.165) is 23.6 Å². The Hall–Kier alpha value is -1.80. The fourth-order valence-corrected chi connectivity index (χ4v) is 1.87. The summed E-state index contributed by atoms with van der Waals surface area (Å²) in [6.07, 6.45) is 0. The second kappa shape index (κ2) is 5.69. The van der Waals surface area contributed by atoms with Gasteiger partial charge in [0.05, 0.1) is 0 Å². The van der Waals surface area contributed by atoms with E-state index >= 15 is 0 Å². The molecule has 0 aliphatic rings. The first kappa shape index (κ1) is 12.7. The number of ether oxygens (including phenoxy) is 1. The molecule has 0 spiro atoms. The van der Waals surface area contributed by atoms with Gasteiger partial charge in [-0.15, -0.1) is 0 Å². The molecule has 1 N–H and O–H groups in total. The van der Waals surface area contributed by atoms with E-state index in [0.29, 0.717) is 0 Å². The second-order valence-electron chi connectivity index (χ2n) is 4.55. The minimum Gasteiger partial charge on any atom is -0.457 e. The van der Waals surface area contributed by atoms with Crippen molar-refractivity contribution in [1.82, 2.24) is 5.32 Å². The minimum absolute atomic E-state index is 0.880. The van der Waals surface area contributed by atoms with Crippen LogP contribution in [-0.2, 0) is 6.54 Å². The van der Waals surface area contributed by atoms with Crippen molar-refractivity contribution >= 4 is 0 Å². The summed E-state index contributed by atoms with van der Waals surface area (Å²) in [6, 6.07) is 14.4. The quantitative estimate of drug-likeness (QED) is 0.878. The van der Waals surface area contributed by atoms with Gasteiger partial charge in [0.1, 0.15) is 11.5 Å². The van der Waals surface area contributed by atoms with Crippen LogP contribution < -0.4 is 10.1 Å². The maximum Gasteiger partial charge on any atom is 0.130 e. The molecule has 2 rings (SSSR count). The van der Waals surface area contributed by atoms with Crippen molar-refractivity contribution in [3.05, 3.63) is 59.2 Å². The summed E-state index contributed by atoms with van der Waals surface area (Å²) in [4.78, 5) is 0. The number of hydrogen-bond acceptors (Lipinski definition) is 2. The first-order valence-electron chi connectivity index (χ1n) is 6.17. The fourth-order valence-electron chi connectivity index (χ4n) is 1.87. The molecule has 0 aromatic heterocycles. The molecule has 0 saturated heterocycles. The van der Waals surface area contributed by atoms with Gasteiger partial charge in [0, 0.05) is 6.54 Å². The lowest BCUT2D eigenvalue weighted by molar-refractivity contribution is 0.478. The van der Waals surface area contributed by atoms with Crippen LogP contribution in [0.25, 0.3) is 0 Å². The number of rotatable bonds is 4. The van der Waals surface area contributed by atoms with Crippen molar-refractivity contribution in [1.29, 1.82) is 0 Å². The zero-order valence-corrected chi connectivity index (χ0v) is 11.2. The van der Waals surface area contributed by atoms with E-state index in [1.165, 1.54) is 11.1 Å². The second-order valence-corrected chi connectivity index (χ2v) is 4.55. The average molecular weight is 241 g/mol. The number of benzene rings is 2. The third-order valence-corrected chi connectivity index (χ3v) is 2.87. The monoisotopic (exact) mass is 241 g/mol. The summed E-state index contributed by atoms with van der Waals surface area (Å²) in [5, 5.41) is 3.15. The number of nitrogens with one attached hydrogen (secondary N) is 1. The van der Waals surface area contributed by atoms with Gasteiger partial charge < -0.3 is 10.1 Å². The SMILES string of the molecule is CNCc1ccc(Oc2ccc(C)cc2)c(C)c1. The molecule has 0 aliphatic heterocycles. The lowest BCUT2D eigenvalue weighted by Crippen LogP contribution is -2.05. The summed E-state index contributed by atoms with van der Waals surface area (Å²) in [6.45, 7) is 5.02. The molecule has 0 bridgehead atoms. The first-order chi connectivity index (χ1) is 8.69. The van der Waals surface area contributed by atoms with Crippen molar-refractivity contribution in [3.8, 4) is 11.5 Å². The van der Waals surface area contributed by atoms with Crippen molar-refractivity contribution in [2.24, 2.45) is 0 Å². The Labute approximate surface area is 109 Å². The lowest BCUT2D eigenvalue weighted by Gasteiger charge is -2.10. The Morgan fingerprint density at radius 1 is 1.00 bits per heavy atom. The summed E-state index contributed by atoms with van der Waals surface area (Å²) in [5.74, 6) is 1.80. The smallest absolute Gasteiger partial charge is 0.130 e. The molecular weight excluding hydrogens is 222 g/mol. The molecule has 2 nitrogen and oxygen atoms in total. The molecular formula is C16H19NO. The Bertz CT molecular complexity index is 517. The van der Waals surface area contributed by atoms with Crippen molar-refractivity contribution < 1.29 is 4.74 Å². The largest absolute Gasteiger partial charge is 0.457 e. The fraction of sp³-hybridized carbons (Fsp3) is 0.250. The average Bonchev–Trinajstić information content (AvgIpc) is 2.36. The van der Waals surface area contributed by atoms with E-state index in [4.69, 9.17) is 4.74 Å². The van der Waals surface area contributed by atoms with Gasteiger partial charge in [-0.25, -0.2) is 0 Å². The van der Waals surface area contributed by atoms with Crippen LogP contribution in [0.3, 0.4) is 0 Å². The molecule has 0 unspecified atom stereocenters. The van der Waals surface area contributed by atoms with Gasteiger partial charge in [-0.1, -0.05) is 29.8 Å². The van der Waals surface area contributed by atoms with E-state index in [1.54, 1.807) is 0 Å². The van der Waals surface area contributed by atoms with Crippen LogP contribution in [-0.4, -0.2) is 7.05 Å². The van der Waals surface area contributed by atoms with E-state index in [9.17, 15) is 0 Å². The van der Waals surface area contributed by atoms with E-state index in [1.807, 2.05) is 25.2 Å². The Morgan fingerprint density at radius 3 is 2.33 bits per heavy atom. The van der Waals surface area contributed by atoms with Gasteiger partial charge in [-0.3, -0.25) is 0 Å². The molecule has 0 fully saturated rings. The van der Waals surface area contributed by atoms with Crippen LogP contribution in [0.5, 0.6) is 11.5 Å². The van der Waals surface area contributed by atoms with Crippen molar-refractivity contribution in [2.45, 2.75) is 20.4 Å². The van der Waals surface area contributed by atoms with Crippen LogP contribution in [0.15, 0.2) is 42.5 Å². The highest BCUT2D eigenvalue weighted by Crippen LogP contribution is 2.25. The molecule has 0 heterocycles. The standard InChI is InChI=1S/C16H19NO/c1-12-4-7-15(8-5-12)18-16-9-6-14(11-17-3)10-13(16)2/h4-10,17H,11H2,1-3H3. The molecule has 94 valence electrons. The van der Waals surface area contributed by atoms with Gasteiger partial charge in [-0.2, -0.15) is 0 Å². The maximum atomic E-state index is 5.88. The van der Waals surface area contributed by atoms with E-state index in [2.05, 4.69) is 43.4 Å². The topological polar surface area (TPSA) is 21.3 Å². The van der Waals surface area contributed by atoms with Gasteiger partial charge >= 0.3 is 0 Å². The summed E-state index contributed by atoms with van der Waals surface area (Å²) in [7, 11) is 1.95. The lowest BCUT2D eigenvalue weighted by atomic mass is 10.1. The number of aryl methyl sites for hydroxylation is 2. The first-order valence-corrected chi connectivity index (χ1v) is 6.17. The van der Waals surface area contributed by atoms with Crippen LogP contribution in [0, 0.1) is 13.8 Å². The zero-order valence-electron chi connectivity index (χ0n) is 11.2. The molecule has 2 aromatic carbocycles. The molecule has 0 amide bonds. The van der Waals surface area contributed by atoms with Gasteiger partial charge in [0.2, 0.25) is 0 Å². The van der Waals surface area contributed by atoms with Gasteiger partial charge in [-0.05, 0) is 50.2 Å². The molecule has 2 aromatic rings. The highest BCUT2D eigenvalue weighted by atomic mass is 16.5. The van der Waals surface area contributed by atoms with Crippen molar-refractivity contribution in [2.75, 3.05) is 7.05 Å². The van der Waals surface area contributed by atoms with E-state index in [-0.39, 0.29) is 0 Å². The highest BCUT2D eigenvalue weighted by molar-refractivity contribution is 5.40. The molecule has 0 atom stereocenters. The Morgan fingerprint density at radius 2 is 1.72 bits per heavy atom. The van der Waals surface area contributed by atoms with Crippen LogP contribution in [0.4, 0.5) is 0 Å². The Kier molecular flexibility index (Phi) is 4.00. The predicted octanol–water partition coefficient (Wildman–Crippen LogP) is 3.82. The van der Waals surface area contributed by atoms with E-state index < -0.39 is 0 Å². The maximum absolute atomic E-state index is 5.88. The van der Waals surface area contributed by atoms with Crippen LogP contribution >= 0.6 is 0 Å². The summed E-state index contributed by atoms with van der Waals surface area (Å²) in [5.41, 5.74) is 3.66. The molecule has 0 aliphatic carbocycles. The third-order valence-electron chi connectivity index (χ3n) is 2.87. The van der Waals surface area contributed by atoms with Crippen LogP contribution in [0.2, 0.25) is 0 Å². The molecule has 0 saturated carbocycles. The minimum atomic E-state index is 0.880. The summed E-state index contributed by atoms with van der Waals surface area (Å²) >= 11 is 0. The van der Waals surface area contributed by atoms with Gasteiger partial charge in [0.15, 0.2) is 0 Å². The van der Waals surface area contributed by atoms with Crippen molar-refractivity contribution in [3.63, 3.8) is 0 Å². The molecule has 0 radical (unpaired) electrons. The number of hydrogen-bond donors (Lipinski definition) is 1. The van der Waals surface area contributed by atoms with Gasteiger partial charge in [0.25, 0.3) is 0 Å². The third kappa shape index (κ3) is 3.11. The molecule has 2 heteroatoms. The normalized spacial score (nSPS) is 10.4. The summed E-state index contributed by atoms with van der Waals surface area (Å²) < 4.78 is 5.88. The molecule has 18 heavy (non-hydrogen) atoms.